The second kappa shape index (κ2) is 12.8. The predicted octanol–water partition coefficient (Wildman–Crippen LogP) is 1.83. The van der Waals surface area contributed by atoms with Crippen LogP contribution in [-0.4, -0.2) is 56.0 Å². The van der Waals surface area contributed by atoms with Crippen molar-refractivity contribution in [1.82, 2.24) is 19.0 Å². The van der Waals surface area contributed by atoms with E-state index in [0.717, 1.165) is 4.90 Å². The minimum atomic E-state index is -0.597. The molecule has 0 bridgehead atoms. The van der Waals surface area contributed by atoms with E-state index in [2.05, 4.69) is 16.0 Å². The number of nitrogens with zero attached hydrogens (tertiary/aromatic N) is 4. The maximum Gasteiger partial charge on any atom is 0.280 e. The van der Waals surface area contributed by atoms with Crippen molar-refractivity contribution >= 4 is 58.6 Å². The Labute approximate surface area is 252 Å². The van der Waals surface area contributed by atoms with E-state index in [0.29, 0.717) is 29.0 Å². The Bertz CT molecular complexity index is 1760. The van der Waals surface area contributed by atoms with Crippen LogP contribution in [0, 0.1) is 10.8 Å². The number of anilines is 4. The maximum atomic E-state index is 14.1. The molecule has 15 nitrogen and oxygen atoms in total. The van der Waals surface area contributed by atoms with Crippen LogP contribution in [0.3, 0.4) is 0 Å². The quantitative estimate of drug-likeness (QED) is 0.0589. The SMILES string of the molecule is Cn1cc(N(C(=N)c2ccc(N)cc2)C(=O)c2cc(NC(=O)c3cc(NC=O)cn3C)cn2C)cc1C(=O)NCCC(=N)N. The molecular formula is C29H33N11O4. The van der Waals surface area contributed by atoms with Crippen molar-refractivity contribution < 1.29 is 19.2 Å². The van der Waals surface area contributed by atoms with Crippen molar-refractivity contribution in [3.63, 3.8) is 0 Å². The number of nitrogens with one attached hydrogen (secondary N) is 5. The molecular weight excluding hydrogens is 566 g/mol. The minimum Gasteiger partial charge on any atom is -0.399 e. The second-order valence-corrected chi connectivity index (χ2v) is 10.0. The lowest BCUT2D eigenvalue weighted by Gasteiger charge is -2.22. The number of amidine groups is 2. The second-order valence-electron chi connectivity index (χ2n) is 10.0. The van der Waals surface area contributed by atoms with Gasteiger partial charge in [-0.05, 0) is 42.5 Å². The third-order valence-electron chi connectivity index (χ3n) is 6.72. The molecule has 0 saturated carbocycles. The number of aryl methyl sites for hydroxylation is 3. The highest BCUT2D eigenvalue weighted by atomic mass is 16.2. The zero-order valence-electron chi connectivity index (χ0n) is 24.3. The van der Waals surface area contributed by atoms with Gasteiger partial charge in [-0.15, -0.1) is 0 Å². The lowest BCUT2D eigenvalue weighted by molar-refractivity contribution is -0.105. The number of amides is 4. The van der Waals surface area contributed by atoms with Crippen molar-refractivity contribution in [1.29, 1.82) is 10.8 Å². The monoisotopic (exact) mass is 599 g/mol. The highest BCUT2D eigenvalue weighted by Crippen LogP contribution is 2.25. The van der Waals surface area contributed by atoms with Gasteiger partial charge >= 0.3 is 0 Å². The van der Waals surface area contributed by atoms with E-state index in [1.807, 2.05) is 0 Å². The van der Waals surface area contributed by atoms with Gasteiger partial charge in [-0.2, -0.15) is 0 Å². The predicted molar refractivity (Wildman–Crippen MR) is 167 cm³/mol. The van der Waals surface area contributed by atoms with Crippen LogP contribution in [0.15, 0.2) is 61.1 Å². The molecule has 15 heteroatoms. The molecule has 0 spiro atoms. The molecule has 0 aliphatic rings. The number of benzene rings is 1. The summed E-state index contributed by atoms with van der Waals surface area (Å²) in [4.78, 5) is 51.9. The molecule has 0 saturated heterocycles. The Morgan fingerprint density at radius 3 is 2.11 bits per heavy atom. The molecule has 0 fully saturated rings. The van der Waals surface area contributed by atoms with E-state index in [1.54, 1.807) is 68.6 Å². The Morgan fingerprint density at radius 1 is 0.864 bits per heavy atom. The van der Waals surface area contributed by atoms with Gasteiger partial charge in [-0.3, -0.25) is 34.9 Å². The minimum absolute atomic E-state index is 0.0620. The van der Waals surface area contributed by atoms with Gasteiger partial charge in [0.2, 0.25) is 6.41 Å². The van der Waals surface area contributed by atoms with Crippen molar-refractivity contribution in [3.8, 4) is 0 Å². The van der Waals surface area contributed by atoms with Crippen molar-refractivity contribution in [2.24, 2.45) is 26.9 Å². The Morgan fingerprint density at radius 2 is 1.45 bits per heavy atom. The molecule has 4 rings (SSSR count). The van der Waals surface area contributed by atoms with Gasteiger partial charge in [0.1, 0.15) is 22.9 Å². The summed E-state index contributed by atoms with van der Waals surface area (Å²) in [7, 11) is 4.92. The van der Waals surface area contributed by atoms with Crippen LogP contribution in [0.25, 0.3) is 0 Å². The number of hydrogen-bond donors (Lipinski definition) is 7. The summed E-state index contributed by atoms with van der Waals surface area (Å²) in [5.41, 5.74) is 13.8. The van der Waals surface area contributed by atoms with Gasteiger partial charge in [0.25, 0.3) is 17.7 Å². The molecule has 3 aromatic heterocycles. The van der Waals surface area contributed by atoms with Gasteiger partial charge in [0.15, 0.2) is 0 Å². The van der Waals surface area contributed by atoms with Gasteiger partial charge in [-0.25, -0.2) is 0 Å². The fraction of sp³-hybridized carbons (Fsp3) is 0.172. The molecule has 0 radical (unpaired) electrons. The van der Waals surface area contributed by atoms with Crippen molar-refractivity contribution in [3.05, 3.63) is 83.7 Å². The first-order valence-corrected chi connectivity index (χ1v) is 13.3. The van der Waals surface area contributed by atoms with Gasteiger partial charge in [-0.1, -0.05) is 0 Å². The molecule has 0 aliphatic carbocycles. The Kier molecular flexibility index (Phi) is 8.98. The summed E-state index contributed by atoms with van der Waals surface area (Å²) in [5, 5.41) is 24.3. The molecule has 44 heavy (non-hydrogen) atoms. The molecule has 0 unspecified atom stereocenters. The van der Waals surface area contributed by atoms with Crippen LogP contribution >= 0.6 is 0 Å². The molecule has 4 aromatic rings. The molecule has 0 aliphatic heterocycles. The number of carbonyl (C=O) groups excluding carboxylic acids is 4. The van der Waals surface area contributed by atoms with Gasteiger partial charge in [0.05, 0.1) is 22.9 Å². The third-order valence-corrected chi connectivity index (χ3v) is 6.72. The number of hydrogen-bond acceptors (Lipinski definition) is 7. The van der Waals surface area contributed by atoms with E-state index < -0.39 is 17.7 Å². The first-order valence-electron chi connectivity index (χ1n) is 13.3. The number of carbonyl (C=O) groups is 4. The molecule has 1 aromatic carbocycles. The fourth-order valence-electron chi connectivity index (χ4n) is 4.51. The van der Waals surface area contributed by atoms with Crippen LogP contribution < -0.4 is 32.3 Å². The number of rotatable bonds is 11. The van der Waals surface area contributed by atoms with Crippen LogP contribution in [0.1, 0.15) is 43.4 Å². The number of nitrogens with two attached hydrogens (primary N) is 2. The summed E-state index contributed by atoms with van der Waals surface area (Å²) < 4.78 is 4.60. The smallest absolute Gasteiger partial charge is 0.280 e. The Hall–Kier alpha value is -6.12. The normalized spacial score (nSPS) is 10.6. The fourth-order valence-corrected chi connectivity index (χ4v) is 4.51. The highest BCUT2D eigenvalue weighted by Gasteiger charge is 2.28. The molecule has 228 valence electrons. The van der Waals surface area contributed by atoms with E-state index in [1.165, 1.54) is 27.3 Å². The van der Waals surface area contributed by atoms with Crippen molar-refractivity contribution in [2.75, 3.05) is 27.8 Å². The lowest BCUT2D eigenvalue weighted by Crippen LogP contribution is -2.38. The number of nitrogen functional groups attached to an aromatic ring is 1. The van der Waals surface area contributed by atoms with Crippen LogP contribution in [0.5, 0.6) is 0 Å². The summed E-state index contributed by atoms with van der Waals surface area (Å²) in [6, 6.07) is 10.9. The summed E-state index contributed by atoms with van der Waals surface area (Å²) in [6.45, 7) is 0.161. The first kappa shape index (κ1) is 30.8. The summed E-state index contributed by atoms with van der Waals surface area (Å²) >= 11 is 0. The summed E-state index contributed by atoms with van der Waals surface area (Å²) in [5.74, 6) is -1.74. The van der Waals surface area contributed by atoms with E-state index in [4.69, 9.17) is 22.3 Å². The zero-order chi connectivity index (χ0) is 32.1. The molecule has 4 amide bonds. The zero-order valence-corrected chi connectivity index (χ0v) is 24.3. The third kappa shape index (κ3) is 6.67. The van der Waals surface area contributed by atoms with Gasteiger partial charge in [0, 0.05) is 63.9 Å². The summed E-state index contributed by atoms with van der Waals surface area (Å²) in [6.07, 6.45) is 5.39. The lowest BCUT2D eigenvalue weighted by atomic mass is 10.1. The van der Waals surface area contributed by atoms with Crippen LogP contribution in [-0.2, 0) is 25.9 Å². The van der Waals surface area contributed by atoms with E-state index in [9.17, 15) is 19.2 Å². The number of aromatic nitrogens is 3. The maximum absolute atomic E-state index is 14.1. The average molecular weight is 600 g/mol. The molecule has 3 heterocycles. The average Bonchev–Trinajstić information content (AvgIpc) is 3.64. The highest BCUT2D eigenvalue weighted by molar-refractivity contribution is 6.26. The molecule has 0 atom stereocenters. The molecule has 9 N–H and O–H groups in total. The van der Waals surface area contributed by atoms with E-state index in [-0.39, 0.29) is 47.4 Å². The van der Waals surface area contributed by atoms with Crippen LogP contribution in [0.2, 0.25) is 0 Å². The van der Waals surface area contributed by atoms with Gasteiger partial charge < -0.3 is 41.1 Å². The first-order chi connectivity index (χ1) is 20.9. The van der Waals surface area contributed by atoms with Crippen LogP contribution in [0.4, 0.5) is 22.7 Å². The largest absolute Gasteiger partial charge is 0.399 e. The topological polar surface area (TPSA) is 222 Å². The standard InChI is InChI=1S/C29H33N11O4/c1-37-13-19(35-16-41)10-22(37)28(43)36-20-11-24(38(2)14-20)29(44)40(26(33)17-4-6-18(30)7-5-17)21-12-23(39(3)15-21)27(42)34-9-8-25(31)32/h4-7,10-16,33H,8-9,30H2,1-3H3,(H3,31,32)(H,34,42)(H,35,41)(H,36,43). The van der Waals surface area contributed by atoms with E-state index >= 15 is 0 Å². The Balaban J connectivity index is 1.66. The van der Waals surface area contributed by atoms with Crippen molar-refractivity contribution in [2.45, 2.75) is 6.42 Å².